The van der Waals surface area contributed by atoms with E-state index in [0.29, 0.717) is 29.6 Å². The van der Waals surface area contributed by atoms with E-state index in [2.05, 4.69) is 0 Å². The number of ether oxygens (including phenoxy) is 5. The normalized spacial score (nSPS) is 12.2. The van der Waals surface area contributed by atoms with Crippen LogP contribution in [0, 0.1) is 0 Å². The van der Waals surface area contributed by atoms with Crippen molar-refractivity contribution in [2.24, 2.45) is 0 Å². The Morgan fingerprint density at radius 1 is 0.833 bits per heavy atom. The van der Waals surface area contributed by atoms with E-state index in [1.807, 2.05) is 26.0 Å². The summed E-state index contributed by atoms with van der Waals surface area (Å²) in [4.78, 5) is 12.2. The van der Waals surface area contributed by atoms with Crippen molar-refractivity contribution in [1.29, 1.82) is 0 Å². The summed E-state index contributed by atoms with van der Waals surface area (Å²) < 4.78 is 27.0. The first-order chi connectivity index (χ1) is 14.5. The van der Waals surface area contributed by atoms with Crippen LogP contribution in [0.1, 0.15) is 25.0 Å². The van der Waals surface area contributed by atoms with Crippen LogP contribution in [-0.4, -0.2) is 40.0 Å². The fourth-order valence-corrected chi connectivity index (χ4v) is 2.70. The number of allylic oxidation sites excluding steroid dienone is 2. The number of methoxy groups -OCH3 is 3. The van der Waals surface area contributed by atoms with Crippen molar-refractivity contribution >= 4 is 17.9 Å². The smallest absolute Gasteiger partial charge is 0.197 e. The maximum absolute atomic E-state index is 12.2. The molecule has 1 unspecified atom stereocenters. The Kier molecular flexibility index (Phi) is 8.97. The molecule has 2 aromatic rings. The molecule has 0 aliphatic carbocycles. The molecule has 6 heteroatoms. The Labute approximate surface area is 177 Å². The monoisotopic (exact) mass is 412 g/mol. The highest BCUT2D eigenvalue weighted by Crippen LogP contribution is 2.30. The molecule has 160 valence electrons. The summed E-state index contributed by atoms with van der Waals surface area (Å²) in [6.07, 6.45) is 6.06. The Morgan fingerprint density at radius 2 is 1.33 bits per heavy atom. The second kappa shape index (κ2) is 11.7. The van der Waals surface area contributed by atoms with E-state index in [-0.39, 0.29) is 12.1 Å². The zero-order valence-electron chi connectivity index (χ0n) is 18.0. The van der Waals surface area contributed by atoms with Crippen LogP contribution in [0.15, 0.2) is 48.6 Å². The lowest BCUT2D eigenvalue weighted by atomic mass is 10.1. The van der Waals surface area contributed by atoms with Gasteiger partial charge in [-0.3, -0.25) is 4.79 Å². The lowest BCUT2D eigenvalue weighted by Gasteiger charge is -2.16. The van der Waals surface area contributed by atoms with Crippen LogP contribution in [0.2, 0.25) is 0 Å². The molecule has 0 amide bonds. The Balaban J connectivity index is 2.06. The van der Waals surface area contributed by atoms with Crippen LogP contribution in [0.4, 0.5) is 0 Å². The minimum Gasteiger partial charge on any atom is -0.493 e. The third-order valence-corrected chi connectivity index (χ3v) is 4.17. The van der Waals surface area contributed by atoms with Gasteiger partial charge in [-0.25, -0.2) is 0 Å². The molecule has 0 saturated heterocycles. The van der Waals surface area contributed by atoms with Gasteiger partial charge >= 0.3 is 0 Å². The van der Waals surface area contributed by atoms with E-state index in [9.17, 15) is 4.79 Å². The van der Waals surface area contributed by atoms with Gasteiger partial charge in [-0.1, -0.05) is 24.3 Å². The minimum absolute atomic E-state index is 0.144. The van der Waals surface area contributed by atoms with Gasteiger partial charge in [0.25, 0.3) is 0 Å². The first kappa shape index (κ1) is 23.0. The predicted octanol–water partition coefficient (Wildman–Crippen LogP) is 4.77. The van der Waals surface area contributed by atoms with Crippen molar-refractivity contribution in [3.63, 3.8) is 0 Å². The Morgan fingerprint density at radius 3 is 1.83 bits per heavy atom. The summed E-state index contributed by atoms with van der Waals surface area (Å²) in [5, 5.41) is 0. The number of hydrogen-bond acceptors (Lipinski definition) is 6. The van der Waals surface area contributed by atoms with Crippen LogP contribution in [-0.2, 0) is 9.53 Å². The van der Waals surface area contributed by atoms with Crippen LogP contribution in [0.3, 0.4) is 0 Å². The summed E-state index contributed by atoms with van der Waals surface area (Å²) in [5.74, 6) is 2.25. The van der Waals surface area contributed by atoms with Gasteiger partial charge < -0.3 is 23.7 Å². The van der Waals surface area contributed by atoms with Crippen molar-refractivity contribution in [3.05, 3.63) is 59.7 Å². The van der Waals surface area contributed by atoms with Gasteiger partial charge in [-0.05, 0) is 61.4 Å². The van der Waals surface area contributed by atoms with Crippen molar-refractivity contribution in [1.82, 2.24) is 0 Å². The molecule has 0 fully saturated rings. The molecule has 6 nitrogen and oxygen atoms in total. The highest BCUT2D eigenvalue weighted by molar-refractivity contribution is 6.04. The van der Waals surface area contributed by atoms with Crippen molar-refractivity contribution in [3.8, 4) is 23.0 Å². The number of benzene rings is 2. The summed E-state index contributed by atoms with van der Waals surface area (Å²) >= 11 is 0. The van der Waals surface area contributed by atoms with Gasteiger partial charge in [0.15, 0.2) is 35.1 Å². The van der Waals surface area contributed by atoms with Crippen molar-refractivity contribution < 1.29 is 28.5 Å². The molecule has 0 aromatic heterocycles. The summed E-state index contributed by atoms with van der Waals surface area (Å²) in [6.45, 7) is 4.28. The van der Waals surface area contributed by atoms with Gasteiger partial charge in [0, 0.05) is 6.61 Å². The predicted molar refractivity (Wildman–Crippen MR) is 117 cm³/mol. The standard InChI is InChI=1S/C24H28O6/c1-6-29-17(2)30-22-14-10-19(16-24(22)28-5)8-12-20(25)11-7-18-9-13-21(26-3)23(15-18)27-4/h7-17H,6H2,1-5H3. The molecule has 0 N–H and O–H groups in total. The third-order valence-electron chi connectivity index (χ3n) is 4.17. The van der Waals surface area contributed by atoms with E-state index in [0.717, 1.165) is 11.1 Å². The minimum atomic E-state index is -0.381. The quantitative estimate of drug-likeness (QED) is 0.391. The van der Waals surface area contributed by atoms with Gasteiger partial charge in [0.2, 0.25) is 0 Å². The third kappa shape index (κ3) is 6.67. The van der Waals surface area contributed by atoms with Crippen LogP contribution in [0.25, 0.3) is 12.2 Å². The molecule has 0 radical (unpaired) electrons. The van der Waals surface area contributed by atoms with Gasteiger partial charge in [0.05, 0.1) is 21.3 Å². The topological polar surface area (TPSA) is 63.2 Å². The average Bonchev–Trinajstić information content (AvgIpc) is 2.76. The zero-order valence-corrected chi connectivity index (χ0v) is 18.0. The number of rotatable bonds is 11. The van der Waals surface area contributed by atoms with E-state index in [1.54, 1.807) is 57.7 Å². The number of hydrogen-bond donors (Lipinski definition) is 0. The highest BCUT2D eigenvalue weighted by atomic mass is 16.7. The Bertz CT molecular complexity index is 901. The molecule has 2 rings (SSSR count). The molecule has 0 aliphatic heterocycles. The number of ketones is 1. The van der Waals surface area contributed by atoms with Gasteiger partial charge in [-0.15, -0.1) is 0 Å². The van der Waals surface area contributed by atoms with E-state index in [4.69, 9.17) is 23.7 Å². The van der Waals surface area contributed by atoms with Gasteiger partial charge in [0.1, 0.15) is 0 Å². The summed E-state index contributed by atoms with van der Waals surface area (Å²) in [5.41, 5.74) is 1.65. The molecule has 1 atom stereocenters. The Hall–Kier alpha value is -3.25. The lowest BCUT2D eigenvalue weighted by Crippen LogP contribution is -2.16. The fourth-order valence-electron chi connectivity index (χ4n) is 2.70. The van der Waals surface area contributed by atoms with Crippen LogP contribution >= 0.6 is 0 Å². The lowest BCUT2D eigenvalue weighted by molar-refractivity contribution is -0.110. The molecule has 0 saturated carbocycles. The molecular formula is C24H28O6. The molecule has 2 aromatic carbocycles. The maximum atomic E-state index is 12.2. The number of carbonyl (C=O) groups is 1. The van der Waals surface area contributed by atoms with E-state index < -0.39 is 0 Å². The van der Waals surface area contributed by atoms with Crippen LogP contribution < -0.4 is 18.9 Å². The van der Waals surface area contributed by atoms with Crippen LogP contribution in [0.5, 0.6) is 23.0 Å². The fraction of sp³-hybridized carbons (Fsp3) is 0.292. The molecule has 0 bridgehead atoms. The average molecular weight is 412 g/mol. The molecule has 30 heavy (non-hydrogen) atoms. The molecular weight excluding hydrogens is 384 g/mol. The maximum Gasteiger partial charge on any atom is 0.197 e. The second-order valence-electron chi connectivity index (χ2n) is 6.23. The second-order valence-corrected chi connectivity index (χ2v) is 6.23. The molecule has 0 spiro atoms. The van der Waals surface area contributed by atoms with Crippen molar-refractivity contribution in [2.45, 2.75) is 20.1 Å². The van der Waals surface area contributed by atoms with Crippen molar-refractivity contribution in [2.75, 3.05) is 27.9 Å². The zero-order chi connectivity index (χ0) is 21.9. The SMILES string of the molecule is CCOC(C)Oc1ccc(C=CC(=O)C=Cc2ccc(OC)c(OC)c2)cc1OC. The van der Waals surface area contributed by atoms with Gasteiger partial charge in [-0.2, -0.15) is 0 Å². The van der Waals surface area contributed by atoms with E-state index >= 15 is 0 Å². The number of carbonyl (C=O) groups excluding carboxylic acids is 1. The highest BCUT2D eigenvalue weighted by Gasteiger charge is 2.09. The van der Waals surface area contributed by atoms with E-state index in [1.165, 1.54) is 12.2 Å². The molecule has 0 heterocycles. The first-order valence-electron chi connectivity index (χ1n) is 9.59. The summed E-state index contributed by atoms with van der Waals surface area (Å²) in [7, 11) is 4.72. The summed E-state index contributed by atoms with van der Waals surface area (Å²) in [6, 6.07) is 10.9. The first-order valence-corrected chi connectivity index (χ1v) is 9.59. The largest absolute Gasteiger partial charge is 0.493 e. The molecule has 0 aliphatic rings.